The fourth-order valence-corrected chi connectivity index (χ4v) is 3.11. The highest BCUT2D eigenvalue weighted by Crippen LogP contribution is 2.18. The lowest BCUT2D eigenvalue weighted by atomic mass is 10.1. The topological polar surface area (TPSA) is 42.9 Å². The van der Waals surface area contributed by atoms with E-state index in [9.17, 15) is 13.2 Å². The van der Waals surface area contributed by atoms with Gasteiger partial charge in [-0.05, 0) is 24.6 Å². The number of likely N-dealkylation sites (N-methyl/N-ethyl adjacent to an activating group) is 1. The number of nitrogens with one attached hydrogen (secondary N) is 2. The molecule has 1 aliphatic heterocycles. The Kier molecular flexibility index (Phi) is 11.9. The van der Waals surface area contributed by atoms with Crippen LogP contribution in [0.25, 0.3) is 0 Å². The van der Waals surface area contributed by atoms with Crippen molar-refractivity contribution < 1.29 is 13.2 Å². The Morgan fingerprint density at radius 2 is 1.55 bits per heavy atom. The minimum absolute atomic E-state index is 0. The zero-order valence-corrected chi connectivity index (χ0v) is 19.6. The molecule has 166 valence electrons. The van der Waals surface area contributed by atoms with Gasteiger partial charge in [-0.15, -0.1) is 24.0 Å². The zero-order chi connectivity index (χ0) is 20.4. The zero-order valence-electron chi connectivity index (χ0n) is 17.3. The summed E-state index contributed by atoms with van der Waals surface area (Å²) >= 11 is 0. The number of benzene rings is 1. The van der Waals surface area contributed by atoms with Crippen LogP contribution in [0.2, 0.25) is 0 Å². The molecule has 0 spiro atoms. The molecule has 1 aromatic rings. The monoisotopic (exact) mass is 527 g/mol. The van der Waals surface area contributed by atoms with E-state index in [1.54, 1.807) is 0 Å². The SMILES string of the molecule is CCNC(=NCc1ccc(CN2CCN(CC)CC2)cc1)NCCC(F)(F)F.I. The van der Waals surface area contributed by atoms with Crippen LogP contribution in [0.4, 0.5) is 13.2 Å². The Hall–Kier alpha value is -1.07. The second kappa shape index (κ2) is 13.3. The minimum atomic E-state index is -4.16. The van der Waals surface area contributed by atoms with Crippen LogP contribution >= 0.6 is 24.0 Å². The van der Waals surface area contributed by atoms with Crippen LogP contribution in [0.15, 0.2) is 29.3 Å². The van der Waals surface area contributed by atoms with E-state index in [0.29, 0.717) is 19.0 Å². The van der Waals surface area contributed by atoms with Crippen LogP contribution in [0.5, 0.6) is 0 Å². The molecule has 0 saturated carbocycles. The number of alkyl halides is 3. The molecule has 1 heterocycles. The number of guanidine groups is 1. The van der Waals surface area contributed by atoms with Crippen LogP contribution in [0.1, 0.15) is 31.4 Å². The third-order valence-electron chi connectivity index (χ3n) is 4.81. The minimum Gasteiger partial charge on any atom is -0.357 e. The highest BCUT2D eigenvalue weighted by molar-refractivity contribution is 14.0. The molecular weight excluding hydrogens is 494 g/mol. The van der Waals surface area contributed by atoms with Crippen molar-refractivity contribution >= 4 is 29.9 Å². The molecule has 29 heavy (non-hydrogen) atoms. The van der Waals surface area contributed by atoms with Crippen molar-refractivity contribution in [1.29, 1.82) is 0 Å². The molecule has 9 heteroatoms. The first-order chi connectivity index (χ1) is 13.4. The number of halogens is 4. The van der Waals surface area contributed by atoms with Crippen LogP contribution in [-0.2, 0) is 13.1 Å². The van der Waals surface area contributed by atoms with E-state index in [1.165, 1.54) is 5.56 Å². The lowest BCUT2D eigenvalue weighted by Gasteiger charge is -2.34. The molecule has 0 atom stereocenters. The largest absolute Gasteiger partial charge is 0.390 e. The highest BCUT2D eigenvalue weighted by atomic mass is 127. The van der Waals surface area contributed by atoms with Crippen molar-refractivity contribution in [2.45, 2.75) is 39.5 Å². The molecule has 0 aliphatic carbocycles. The van der Waals surface area contributed by atoms with Gasteiger partial charge in [-0.3, -0.25) is 4.90 Å². The quantitative estimate of drug-likeness (QED) is 0.309. The first-order valence-electron chi connectivity index (χ1n) is 10.0. The Morgan fingerprint density at radius 3 is 2.10 bits per heavy atom. The first kappa shape index (κ1) is 26.0. The summed E-state index contributed by atoms with van der Waals surface area (Å²) in [5.41, 5.74) is 2.31. The molecule has 0 aromatic heterocycles. The maximum absolute atomic E-state index is 12.3. The van der Waals surface area contributed by atoms with Crippen molar-refractivity contribution in [3.8, 4) is 0 Å². The molecule has 0 radical (unpaired) electrons. The number of aliphatic imine (C=N–C) groups is 1. The molecule has 1 fully saturated rings. The van der Waals surface area contributed by atoms with Gasteiger partial charge < -0.3 is 15.5 Å². The van der Waals surface area contributed by atoms with E-state index < -0.39 is 12.6 Å². The smallest absolute Gasteiger partial charge is 0.357 e. The first-order valence-corrected chi connectivity index (χ1v) is 10.0. The van der Waals surface area contributed by atoms with Gasteiger partial charge in [0.05, 0.1) is 13.0 Å². The Balaban J connectivity index is 0.00000420. The summed E-state index contributed by atoms with van der Waals surface area (Å²) in [6.45, 7) is 11.4. The van der Waals surface area contributed by atoms with Crippen LogP contribution in [0.3, 0.4) is 0 Å². The van der Waals surface area contributed by atoms with Gasteiger partial charge in [0.15, 0.2) is 5.96 Å². The summed E-state index contributed by atoms with van der Waals surface area (Å²) in [5, 5.41) is 5.70. The number of nitrogens with zero attached hydrogens (tertiary/aromatic N) is 3. The van der Waals surface area contributed by atoms with Gasteiger partial charge in [-0.25, -0.2) is 4.99 Å². The van der Waals surface area contributed by atoms with Crippen molar-refractivity contribution in [1.82, 2.24) is 20.4 Å². The summed E-state index contributed by atoms with van der Waals surface area (Å²) in [6.07, 6.45) is -5.04. The van der Waals surface area contributed by atoms with Crippen molar-refractivity contribution in [2.24, 2.45) is 4.99 Å². The van der Waals surface area contributed by atoms with E-state index in [4.69, 9.17) is 0 Å². The fourth-order valence-electron chi connectivity index (χ4n) is 3.11. The molecule has 2 rings (SSSR count). The van der Waals surface area contributed by atoms with Crippen molar-refractivity contribution in [3.63, 3.8) is 0 Å². The average Bonchev–Trinajstić information content (AvgIpc) is 2.67. The molecule has 1 aromatic carbocycles. The van der Waals surface area contributed by atoms with Gasteiger partial charge in [0.1, 0.15) is 0 Å². The molecule has 5 nitrogen and oxygen atoms in total. The second-order valence-corrected chi connectivity index (χ2v) is 7.01. The number of hydrogen-bond donors (Lipinski definition) is 2. The number of rotatable bonds is 8. The number of piperazine rings is 1. The fraction of sp³-hybridized carbons (Fsp3) is 0.650. The summed E-state index contributed by atoms with van der Waals surface area (Å²) in [4.78, 5) is 9.30. The van der Waals surface area contributed by atoms with Crippen molar-refractivity contribution in [2.75, 3.05) is 45.8 Å². The van der Waals surface area contributed by atoms with Crippen LogP contribution < -0.4 is 10.6 Å². The maximum Gasteiger partial charge on any atom is 0.390 e. The third-order valence-corrected chi connectivity index (χ3v) is 4.81. The Bertz CT molecular complexity index is 599. The third kappa shape index (κ3) is 10.5. The van der Waals surface area contributed by atoms with E-state index in [1.807, 2.05) is 19.1 Å². The Morgan fingerprint density at radius 1 is 0.966 bits per heavy atom. The lowest BCUT2D eigenvalue weighted by Crippen LogP contribution is -2.45. The van der Waals surface area contributed by atoms with E-state index >= 15 is 0 Å². The van der Waals surface area contributed by atoms with Gasteiger partial charge in [0.2, 0.25) is 0 Å². The van der Waals surface area contributed by atoms with Gasteiger partial charge in [0.25, 0.3) is 0 Å². The standard InChI is InChI=1S/C20H32F3N5.HI/c1-3-24-19(25-10-9-20(21,22)23)26-15-17-5-7-18(8-6-17)16-28-13-11-27(4-2)12-14-28;/h5-8H,3-4,9-16H2,1-2H3,(H2,24,25,26);1H. The van der Waals surface area contributed by atoms with Crippen LogP contribution in [0, 0.1) is 0 Å². The van der Waals surface area contributed by atoms with Crippen molar-refractivity contribution in [3.05, 3.63) is 35.4 Å². The highest BCUT2D eigenvalue weighted by Gasteiger charge is 2.26. The second-order valence-electron chi connectivity index (χ2n) is 7.01. The van der Waals surface area contributed by atoms with Gasteiger partial charge in [-0.2, -0.15) is 13.2 Å². The summed E-state index contributed by atoms with van der Waals surface area (Å²) < 4.78 is 36.8. The lowest BCUT2D eigenvalue weighted by molar-refractivity contribution is -0.132. The Labute approximate surface area is 189 Å². The van der Waals surface area contributed by atoms with Gasteiger partial charge >= 0.3 is 6.18 Å². The molecule has 1 saturated heterocycles. The maximum atomic E-state index is 12.3. The number of hydrogen-bond acceptors (Lipinski definition) is 3. The predicted octanol–water partition coefficient (Wildman–Crippen LogP) is 3.45. The van der Waals surface area contributed by atoms with E-state index in [2.05, 4.69) is 44.5 Å². The molecule has 0 bridgehead atoms. The molecular formula is C20H33F3IN5. The van der Waals surface area contributed by atoms with E-state index in [0.717, 1.165) is 44.8 Å². The molecule has 1 aliphatic rings. The molecule has 2 N–H and O–H groups in total. The van der Waals surface area contributed by atoms with Gasteiger partial charge in [-0.1, -0.05) is 31.2 Å². The predicted molar refractivity (Wildman–Crippen MR) is 123 cm³/mol. The summed E-state index contributed by atoms with van der Waals surface area (Å²) in [6, 6.07) is 8.31. The van der Waals surface area contributed by atoms with Gasteiger partial charge in [0, 0.05) is 45.8 Å². The molecule has 0 amide bonds. The van der Waals surface area contributed by atoms with Crippen LogP contribution in [-0.4, -0.2) is 67.7 Å². The average molecular weight is 527 g/mol. The van der Waals surface area contributed by atoms with E-state index in [-0.39, 0.29) is 30.5 Å². The summed E-state index contributed by atoms with van der Waals surface area (Å²) in [5.74, 6) is 0.407. The summed E-state index contributed by atoms with van der Waals surface area (Å²) in [7, 11) is 0. The molecule has 0 unspecified atom stereocenters. The normalized spacial score (nSPS) is 16.4.